The van der Waals surface area contributed by atoms with Crippen LogP contribution in [-0.2, 0) is 6.61 Å². The van der Waals surface area contributed by atoms with Crippen molar-refractivity contribution >= 4 is 5.82 Å². The van der Waals surface area contributed by atoms with Crippen LogP contribution < -0.4 is 19.5 Å². The van der Waals surface area contributed by atoms with Crippen LogP contribution in [0.4, 0.5) is 5.82 Å². The third-order valence-corrected chi connectivity index (χ3v) is 2.79. The summed E-state index contributed by atoms with van der Waals surface area (Å²) in [6.45, 7) is 3.10. The van der Waals surface area contributed by atoms with Crippen LogP contribution in [0.3, 0.4) is 0 Å². The number of hydrogen-bond donors (Lipinski definition) is 1. The van der Waals surface area contributed by atoms with Crippen molar-refractivity contribution in [3.8, 4) is 17.6 Å². The van der Waals surface area contributed by atoms with E-state index < -0.39 is 0 Å². The molecule has 112 valence electrons. The van der Waals surface area contributed by atoms with Crippen molar-refractivity contribution in [1.29, 1.82) is 0 Å². The largest absolute Gasteiger partial charge is 0.496 e. The first-order chi connectivity index (χ1) is 10.3. The monoisotopic (exact) mass is 289 g/mol. The fourth-order valence-corrected chi connectivity index (χ4v) is 1.81. The molecule has 2 rings (SSSR count). The van der Waals surface area contributed by atoms with E-state index in [0.29, 0.717) is 18.3 Å². The number of nitrogens with zero attached hydrogens (tertiary/aromatic N) is 2. The van der Waals surface area contributed by atoms with Crippen molar-refractivity contribution in [2.45, 2.75) is 13.5 Å². The van der Waals surface area contributed by atoms with Crippen LogP contribution in [0.15, 0.2) is 30.3 Å². The standard InChI is InChI=1S/C15H19N3O3/c1-4-16-13-9-14(18-15(17-13)20-3)21-10-11-7-5-6-8-12(11)19-2/h5-9H,4,10H2,1-3H3,(H,16,17,18). The van der Waals surface area contributed by atoms with Crippen molar-refractivity contribution in [2.24, 2.45) is 0 Å². The van der Waals surface area contributed by atoms with Crippen LogP contribution >= 0.6 is 0 Å². The summed E-state index contributed by atoms with van der Waals surface area (Å²) in [4.78, 5) is 8.35. The minimum atomic E-state index is 0.267. The number of nitrogens with one attached hydrogen (secondary N) is 1. The second-order valence-electron chi connectivity index (χ2n) is 4.21. The Hall–Kier alpha value is -2.50. The van der Waals surface area contributed by atoms with Crippen molar-refractivity contribution < 1.29 is 14.2 Å². The molecule has 1 aromatic carbocycles. The molecule has 6 heteroatoms. The molecule has 0 amide bonds. The molecule has 6 nitrogen and oxygen atoms in total. The van der Waals surface area contributed by atoms with E-state index in [1.165, 1.54) is 7.11 Å². The fraction of sp³-hybridized carbons (Fsp3) is 0.333. The van der Waals surface area contributed by atoms with Crippen molar-refractivity contribution in [3.63, 3.8) is 0 Å². The number of rotatable bonds is 7. The molecular weight excluding hydrogens is 270 g/mol. The van der Waals surface area contributed by atoms with E-state index in [0.717, 1.165) is 17.9 Å². The van der Waals surface area contributed by atoms with Crippen molar-refractivity contribution in [3.05, 3.63) is 35.9 Å². The van der Waals surface area contributed by atoms with Gasteiger partial charge in [0.05, 0.1) is 14.2 Å². The number of hydrogen-bond acceptors (Lipinski definition) is 6. The molecule has 21 heavy (non-hydrogen) atoms. The Bertz CT molecular complexity index is 590. The van der Waals surface area contributed by atoms with E-state index in [1.807, 2.05) is 31.2 Å². The molecule has 0 aliphatic heterocycles. The summed E-state index contributed by atoms with van der Waals surface area (Å²) in [7, 11) is 3.16. The lowest BCUT2D eigenvalue weighted by atomic mass is 10.2. The first-order valence-corrected chi connectivity index (χ1v) is 6.68. The zero-order valence-electron chi connectivity index (χ0n) is 12.4. The summed E-state index contributed by atoms with van der Waals surface area (Å²) in [5.41, 5.74) is 0.947. The number of aromatic nitrogens is 2. The SMILES string of the molecule is CCNc1cc(OCc2ccccc2OC)nc(OC)n1. The molecule has 0 aliphatic rings. The zero-order chi connectivity index (χ0) is 15.1. The van der Waals surface area contributed by atoms with Crippen LogP contribution in [-0.4, -0.2) is 30.7 Å². The Labute approximate surface area is 124 Å². The van der Waals surface area contributed by atoms with E-state index in [-0.39, 0.29) is 6.01 Å². The quantitative estimate of drug-likeness (QED) is 0.845. The lowest BCUT2D eigenvalue weighted by Crippen LogP contribution is -2.05. The highest BCUT2D eigenvalue weighted by molar-refractivity contribution is 5.40. The van der Waals surface area contributed by atoms with Gasteiger partial charge in [-0.25, -0.2) is 0 Å². The van der Waals surface area contributed by atoms with E-state index >= 15 is 0 Å². The molecule has 0 saturated heterocycles. The van der Waals surface area contributed by atoms with Gasteiger partial charge in [0.25, 0.3) is 0 Å². The number of ether oxygens (including phenoxy) is 3. The second-order valence-corrected chi connectivity index (χ2v) is 4.21. The maximum Gasteiger partial charge on any atom is 0.321 e. The predicted octanol–water partition coefficient (Wildman–Crippen LogP) is 2.50. The van der Waals surface area contributed by atoms with Crippen LogP contribution in [0, 0.1) is 0 Å². The van der Waals surface area contributed by atoms with Gasteiger partial charge >= 0.3 is 6.01 Å². The van der Waals surface area contributed by atoms with Crippen molar-refractivity contribution in [1.82, 2.24) is 9.97 Å². The van der Waals surface area contributed by atoms with Gasteiger partial charge < -0.3 is 19.5 Å². The smallest absolute Gasteiger partial charge is 0.321 e. The highest BCUT2D eigenvalue weighted by atomic mass is 16.5. The van der Waals surface area contributed by atoms with Gasteiger partial charge in [0.1, 0.15) is 18.2 Å². The Morgan fingerprint density at radius 1 is 1.10 bits per heavy atom. The third-order valence-electron chi connectivity index (χ3n) is 2.79. The maximum atomic E-state index is 5.71. The summed E-state index contributed by atoms with van der Waals surface area (Å²) >= 11 is 0. The lowest BCUT2D eigenvalue weighted by Gasteiger charge is -2.11. The number of para-hydroxylation sites is 1. The first kappa shape index (κ1) is 14.9. The molecule has 0 saturated carbocycles. The molecule has 0 unspecified atom stereocenters. The van der Waals surface area contributed by atoms with Gasteiger partial charge in [-0.3, -0.25) is 0 Å². The van der Waals surface area contributed by atoms with Crippen LogP contribution in [0.5, 0.6) is 17.6 Å². The summed E-state index contributed by atoms with van der Waals surface area (Å²) in [5.74, 6) is 1.90. The minimum Gasteiger partial charge on any atom is -0.496 e. The maximum absolute atomic E-state index is 5.71. The zero-order valence-corrected chi connectivity index (χ0v) is 12.4. The Morgan fingerprint density at radius 3 is 2.62 bits per heavy atom. The van der Waals surface area contributed by atoms with Gasteiger partial charge in [0, 0.05) is 18.2 Å². The molecule has 0 aliphatic carbocycles. The van der Waals surface area contributed by atoms with Gasteiger partial charge in [-0.15, -0.1) is 0 Å². The lowest BCUT2D eigenvalue weighted by molar-refractivity contribution is 0.277. The molecule has 2 aromatic rings. The van der Waals surface area contributed by atoms with E-state index in [2.05, 4.69) is 15.3 Å². The van der Waals surface area contributed by atoms with Gasteiger partial charge in [-0.1, -0.05) is 18.2 Å². The fourth-order valence-electron chi connectivity index (χ4n) is 1.81. The normalized spacial score (nSPS) is 10.0. The summed E-state index contributed by atoms with van der Waals surface area (Å²) in [6.07, 6.45) is 0. The Morgan fingerprint density at radius 2 is 1.90 bits per heavy atom. The number of methoxy groups -OCH3 is 2. The molecule has 0 spiro atoms. The van der Waals surface area contributed by atoms with Gasteiger partial charge in [-0.05, 0) is 13.0 Å². The molecule has 0 fully saturated rings. The van der Waals surface area contributed by atoms with Crippen LogP contribution in [0.1, 0.15) is 12.5 Å². The van der Waals surface area contributed by atoms with E-state index in [9.17, 15) is 0 Å². The molecule has 0 bridgehead atoms. The predicted molar refractivity (Wildman–Crippen MR) is 80.1 cm³/mol. The Kier molecular flexibility index (Phi) is 5.20. The number of benzene rings is 1. The average molecular weight is 289 g/mol. The summed E-state index contributed by atoms with van der Waals surface area (Å²) < 4.78 is 16.1. The first-order valence-electron chi connectivity index (χ1n) is 6.68. The summed E-state index contributed by atoms with van der Waals surface area (Å²) in [5, 5.41) is 3.11. The second kappa shape index (κ2) is 7.33. The van der Waals surface area contributed by atoms with E-state index in [4.69, 9.17) is 14.2 Å². The van der Waals surface area contributed by atoms with Crippen molar-refractivity contribution in [2.75, 3.05) is 26.1 Å². The number of anilines is 1. The van der Waals surface area contributed by atoms with Crippen LogP contribution in [0.2, 0.25) is 0 Å². The highest BCUT2D eigenvalue weighted by Gasteiger charge is 2.07. The van der Waals surface area contributed by atoms with Gasteiger partial charge in [-0.2, -0.15) is 9.97 Å². The molecule has 1 N–H and O–H groups in total. The van der Waals surface area contributed by atoms with E-state index in [1.54, 1.807) is 13.2 Å². The van der Waals surface area contributed by atoms with Crippen LogP contribution in [0.25, 0.3) is 0 Å². The topological polar surface area (TPSA) is 65.5 Å². The Balaban J connectivity index is 2.13. The molecular formula is C15H19N3O3. The molecule has 0 atom stereocenters. The minimum absolute atomic E-state index is 0.267. The van der Waals surface area contributed by atoms with Gasteiger partial charge in [0.15, 0.2) is 0 Å². The molecule has 0 radical (unpaired) electrons. The average Bonchev–Trinajstić information content (AvgIpc) is 2.53. The third kappa shape index (κ3) is 3.98. The van der Waals surface area contributed by atoms with Gasteiger partial charge in [0.2, 0.25) is 5.88 Å². The highest BCUT2D eigenvalue weighted by Crippen LogP contribution is 2.22. The summed E-state index contributed by atoms with van der Waals surface area (Å²) in [6, 6.07) is 9.70. The molecule has 1 heterocycles. The molecule has 1 aromatic heterocycles.